The quantitative estimate of drug-likeness (QED) is 0.941. The summed E-state index contributed by atoms with van der Waals surface area (Å²) in [6, 6.07) is 16.0. The van der Waals surface area contributed by atoms with Crippen molar-refractivity contribution in [3.8, 4) is 0 Å². The zero-order valence-corrected chi connectivity index (χ0v) is 13.8. The Labute approximate surface area is 138 Å². The summed E-state index contributed by atoms with van der Waals surface area (Å²) < 4.78 is 0. The van der Waals surface area contributed by atoms with E-state index >= 15 is 0 Å². The maximum atomic E-state index is 13.0. The monoisotopic (exact) mass is 308 g/mol. The molecule has 1 amide bonds. The molecule has 23 heavy (non-hydrogen) atoms. The van der Waals surface area contributed by atoms with Crippen LogP contribution in [0.25, 0.3) is 0 Å². The lowest BCUT2D eigenvalue weighted by atomic mass is 9.92. The predicted molar refractivity (Wildman–Crippen MR) is 94.4 cm³/mol. The number of rotatable bonds is 3. The molecule has 0 aromatic heterocycles. The number of aryl methyl sites for hydroxylation is 2. The second-order valence-electron chi connectivity index (χ2n) is 6.45. The second-order valence-corrected chi connectivity index (χ2v) is 6.45. The number of anilines is 1. The molecule has 0 radical (unpaired) electrons. The second kappa shape index (κ2) is 6.55. The minimum Gasteiger partial charge on any atom is -0.323 e. The average Bonchev–Trinajstić information content (AvgIpc) is 2.60. The van der Waals surface area contributed by atoms with E-state index in [1.54, 1.807) is 0 Å². The van der Waals surface area contributed by atoms with Crippen LogP contribution in [0, 0.1) is 12.8 Å². The van der Waals surface area contributed by atoms with E-state index in [0.717, 1.165) is 30.6 Å². The highest BCUT2D eigenvalue weighted by molar-refractivity contribution is 5.96. The third-order valence-corrected chi connectivity index (χ3v) is 4.74. The van der Waals surface area contributed by atoms with E-state index in [0.29, 0.717) is 0 Å². The zero-order valence-electron chi connectivity index (χ0n) is 13.8. The van der Waals surface area contributed by atoms with Gasteiger partial charge in [0.15, 0.2) is 0 Å². The molecule has 0 saturated heterocycles. The molecular formula is C20H24N2O. The fraction of sp³-hybridized carbons (Fsp3) is 0.350. The van der Waals surface area contributed by atoms with Gasteiger partial charge in [-0.2, -0.15) is 0 Å². The molecule has 0 bridgehead atoms. The minimum atomic E-state index is -0.279. The summed E-state index contributed by atoms with van der Waals surface area (Å²) in [6.45, 7) is 4.78. The Bertz CT molecular complexity index is 696. The van der Waals surface area contributed by atoms with Crippen molar-refractivity contribution in [3.05, 3.63) is 65.2 Å². The Hall–Kier alpha value is -2.13. The molecule has 2 aromatic rings. The van der Waals surface area contributed by atoms with E-state index in [1.807, 2.05) is 42.2 Å². The van der Waals surface area contributed by atoms with Gasteiger partial charge in [0.25, 0.3) is 0 Å². The molecular weight excluding hydrogens is 284 g/mol. The zero-order chi connectivity index (χ0) is 16.4. The summed E-state index contributed by atoms with van der Waals surface area (Å²) in [5.41, 5.74) is 10.9. The Kier molecular flexibility index (Phi) is 4.49. The molecule has 0 fully saturated rings. The van der Waals surface area contributed by atoms with Gasteiger partial charge < -0.3 is 10.6 Å². The maximum absolute atomic E-state index is 13.0. The number of carbonyl (C=O) groups excluding carboxylic acids is 1. The SMILES string of the molecule is Cc1ccc2c(c1)N(C(=O)C(C)C(N)c1ccccc1)CCC2. The van der Waals surface area contributed by atoms with Crippen LogP contribution < -0.4 is 10.6 Å². The van der Waals surface area contributed by atoms with Gasteiger partial charge >= 0.3 is 0 Å². The van der Waals surface area contributed by atoms with E-state index in [4.69, 9.17) is 5.73 Å². The Morgan fingerprint density at radius 2 is 1.91 bits per heavy atom. The molecule has 3 heteroatoms. The third kappa shape index (κ3) is 3.15. The summed E-state index contributed by atoms with van der Waals surface area (Å²) >= 11 is 0. The highest BCUT2D eigenvalue weighted by atomic mass is 16.2. The highest BCUT2D eigenvalue weighted by Gasteiger charge is 2.30. The summed E-state index contributed by atoms with van der Waals surface area (Å²) in [7, 11) is 0. The Morgan fingerprint density at radius 1 is 1.17 bits per heavy atom. The largest absolute Gasteiger partial charge is 0.323 e. The molecule has 2 unspecified atom stereocenters. The van der Waals surface area contributed by atoms with E-state index in [-0.39, 0.29) is 17.9 Å². The number of fused-ring (bicyclic) bond motifs is 1. The van der Waals surface area contributed by atoms with Crippen LogP contribution in [0.4, 0.5) is 5.69 Å². The Balaban J connectivity index is 1.85. The van der Waals surface area contributed by atoms with E-state index in [2.05, 4.69) is 25.1 Å². The molecule has 2 N–H and O–H groups in total. The van der Waals surface area contributed by atoms with Crippen LogP contribution >= 0.6 is 0 Å². The minimum absolute atomic E-state index is 0.118. The number of carbonyl (C=O) groups is 1. The van der Waals surface area contributed by atoms with Gasteiger partial charge in [0.2, 0.25) is 5.91 Å². The van der Waals surface area contributed by atoms with Crippen molar-refractivity contribution >= 4 is 11.6 Å². The number of benzene rings is 2. The van der Waals surface area contributed by atoms with Crippen molar-refractivity contribution in [2.75, 3.05) is 11.4 Å². The van der Waals surface area contributed by atoms with Crippen LogP contribution in [0.2, 0.25) is 0 Å². The highest BCUT2D eigenvalue weighted by Crippen LogP contribution is 2.31. The number of hydrogen-bond donors (Lipinski definition) is 1. The Morgan fingerprint density at radius 3 is 2.65 bits per heavy atom. The van der Waals surface area contributed by atoms with Crippen LogP contribution in [0.15, 0.2) is 48.5 Å². The number of amides is 1. The molecule has 2 atom stereocenters. The predicted octanol–water partition coefficient (Wildman–Crippen LogP) is 3.61. The lowest BCUT2D eigenvalue weighted by molar-refractivity contribution is -0.122. The topological polar surface area (TPSA) is 46.3 Å². The van der Waals surface area contributed by atoms with Gasteiger partial charge in [0, 0.05) is 18.3 Å². The van der Waals surface area contributed by atoms with Crippen molar-refractivity contribution in [1.29, 1.82) is 0 Å². The van der Waals surface area contributed by atoms with Gasteiger partial charge in [-0.05, 0) is 42.5 Å². The van der Waals surface area contributed by atoms with Crippen molar-refractivity contribution in [2.24, 2.45) is 11.7 Å². The van der Waals surface area contributed by atoms with Crippen LogP contribution in [0.5, 0.6) is 0 Å². The molecule has 3 nitrogen and oxygen atoms in total. The van der Waals surface area contributed by atoms with Crippen LogP contribution in [0.1, 0.15) is 36.1 Å². The number of nitrogens with two attached hydrogens (primary N) is 1. The lowest BCUT2D eigenvalue weighted by Gasteiger charge is -2.33. The molecule has 2 aromatic carbocycles. The lowest BCUT2D eigenvalue weighted by Crippen LogP contribution is -2.42. The first kappa shape index (κ1) is 15.8. The van der Waals surface area contributed by atoms with Crippen molar-refractivity contribution in [1.82, 2.24) is 0 Å². The van der Waals surface area contributed by atoms with Crippen LogP contribution in [0.3, 0.4) is 0 Å². The molecule has 0 spiro atoms. The fourth-order valence-electron chi connectivity index (χ4n) is 3.28. The molecule has 1 aliphatic rings. The van der Waals surface area contributed by atoms with E-state index < -0.39 is 0 Å². The first-order chi connectivity index (χ1) is 11.1. The smallest absolute Gasteiger partial charge is 0.231 e. The third-order valence-electron chi connectivity index (χ3n) is 4.74. The average molecular weight is 308 g/mol. The van der Waals surface area contributed by atoms with Crippen molar-refractivity contribution < 1.29 is 4.79 Å². The normalized spacial score (nSPS) is 16.6. The van der Waals surface area contributed by atoms with Crippen LogP contribution in [-0.2, 0) is 11.2 Å². The summed E-state index contributed by atoms with van der Waals surface area (Å²) in [5, 5.41) is 0. The summed E-state index contributed by atoms with van der Waals surface area (Å²) in [6.07, 6.45) is 2.05. The van der Waals surface area contributed by atoms with Gasteiger partial charge in [-0.1, -0.05) is 49.4 Å². The van der Waals surface area contributed by atoms with E-state index in [9.17, 15) is 4.79 Å². The first-order valence-electron chi connectivity index (χ1n) is 8.29. The summed E-state index contributed by atoms with van der Waals surface area (Å²) in [5.74, 6) is -0.128. The van der Waals surface area contributed by atoms with Gasteiger partial charge in [0.05, 0.1) is 5.92 Å². The molecule has 0 saturated carbocycles. The molecule has 3 rings (SSSR count). The standard InChI is InChI=1S/C20H24N2O/c1-14-10-11-16-9-6-12-22(18(16)13-14)20(23)15(2)19(21)17-7-4-3-5-8-17/h3-5,7-8,10-11,13,15,19H,6,9,12,21H2,1-2H3. The van der Waals surface area contributed by atoms with E-state index in [1.165, 1.54) is 11.1 Å². The molecule has 0 aliphatic carbocycles. The first-order valence-corrected chi connectivity index (χ1v) is 8.29. The van der Waals surface area contributed by atoms with Crippen molar-refractivity contribution in [3.63, 3.8) is 0 Å². The van der Waals surface area contributed by atoms with Crippen LogP contribution in [-0.4, -0.2) is 12.5 Å². The number of nitrogens with zero attached hydrogens (tertiary/aromatic N) is 1. The maximum Gasteiger partial charge on any atom is 0.231 e. The van der Waals surface area contributed by atoms with Gasteiger partial charge in [-0.25, -0.2) is 0 Å². The fourth-order valence-corrected chi connectivity index (χ4v) is 3.28. The van der Waals surface area contributed by atoms with Crippen molar-refractivity contribution in [2.45, 2.75) is 32.7 Å². The van der Waals surface area contributed by atoms with Gasteiger partial charge in [-0.3, -0.25) is 4.79 Å². The summed E-state index contributed by atoms with van der Waals surface area (Å²) in [4.78, 5) is 15.0. The van der Waals surface area contributed by atoms with Gasteiger partial charge in [-0.15, -0.1) is 0 Å². The molecule has 120 valence electrons. The molecule has 1 aliphatic heterocycles. The number of hydrogen-bond acceptors (Lipinski definition) is 2. The molecule has 1 heterocycles. The van der Waals surface area contributed by atoms with Gasteiger partial charge in [0.1, 0.15) is 0 Å².